The van der Waals surface area contributed by atoms with Gasteiger partial charge in [-0.3, -0.25) is 9.59 Å². The molecule has 0 saturated carbocycles. The molecule has 0 spiro atoms. The summed E-state index contributed by atoms with van der Waals surface area (Å²) in [5.74, 6) is 0.390. The summed E-state index contributed by atoms with van der Waals surface area (Å²) in [6, 6.07) is 6.84. The van der Waals surface area contributed by atoms with Crippen molar-refractivity contribution < 1.29 is 14.3 Å². The Bertz CT molecular complexity index is 499. The lowest BCUT2D eigenvalue weighted by atomic mass is 10.3. The molecule has 7 heteroatoms. The summed E-state index contributed by atoms with van der Waals surface area (Å²) in [4.78, 5) is 26.8. The number of piperazine rings is 1. The van der Waals surface area contributed by atoms with Crippen LogP contribution in [0.2, 0.25) is 5.02 Å². The largest absolute Gasteiger partial charge is 0.484 e. The number of halogens is 2. The van der Waals surface area contributed by atoms with E-state index in [2.05, 4.69) is 0 Å². The van der Waals surface area contributed by atoms with Crippen molar-refractivity contribution in [3.05, 3.63) is 29.3 Å². The van der Waals surface area contributed by atoms with Gasteiger partial charge in [0.05, 0.1) is 0 Å². The molecule has 114 valence electrons. The maximum absolute atomic E-state index is 12.0. The van der Waals surface area contributed by atoms with Crippen molar-refractivity contribution in [1.29, 1.82) is 0 Å². The Hall–Kier alpha value is -1.46. The Morgan fingerprint density at radius 2 is 1.52 bits per heavy atom. The van der Waals surface area contributed by atoms with Crippen LogP contribution < -0.4 is 4.74 Å². The molecule has 1 fully saturated rings. The first-order chi connectivity index (χ1) is 10.1. The number of nitrogens with zero attached hydrogens (tertiary/aromatic N) is 2. The van der Waals surface area contributed by atoms with Crippen molar-refractivity contribution in [2.75, 3.05) is 38.7 Å². The molecule has 0 aromatic heterocycles. The number of alkyl halides is 1. The molecule has 0 unspecified atom stereocenters. The first-order valence-electron chi connectivity index (χ1n) is 6.60. The van der Waals surface area contributed by atoms with Crippen molar-refractivity contribution in [1.82, 2.24) is 9.80 Å². The van der Waals surface area contributed by atoms with E-state index < -0.39 is 0 Å². The smallest absolute Gasteiger partial charge is 0.260 e. The van der Waals surface area contributed by atoms with E-state index in [0.29, 0.717) is 37.0 Å². The van der Waals surface area contributed by atoms with Crippen LogP contribution in [0, 0.1) is 0 Å². The molecule has 1 aliphatic heterocycles. The number of carbonyl (C=O) groups excluding carboxylic acids is 2. The third-order valence-corrected chi connectivity index (χ3v) is 3.76. The summed E-state index contributed by atoms with van der Waals surface area (Å²) in [7, 11) is 0. The Balaban J connectivity index is 1.77. The van der Waals surface area contributed by atoms with Crippen molar-refractivity contribution in [2.45, 2.75) is 0 Å². The molecule has 2 rings (SSSR count). The van der Waals surface area contributed by atoms with Gasteiger partial charge in [-0.05, 0) is 24.3 Å². The molecule has 0 atom stereocenters. The highest BCUT2D eigenvalue weighted by molar-refractivity contribution is 6.30. The van der Waals surface area contributed by atoms with Gasteiger partial charge >= 0.3 is 0 Å². The van der Waals surface area contributed by atoms with Gasteiger partial charge in [0, 0.05) is 31.2 Å². The number of hydrogen-bond donors (Lipinski definition) is 0. The van der Waals surface area contributed by atoms with Crippen molar-refractivity contribution in [2.24, 2.45) is 0 Å². The number of rotatable bonds is 4. The summed E-state index contributed by atoms with van der Waals surface area (Å²) in [5, 5.41) is 0.619. The van der Waals surface area contributed by atoms with E-state index in [1.165, 1.54) is 0 Å². The average molecular weight is 331 g/mol. The molecule has 1 saturated heterocycles. The molecule has 0 N–H and O–H groups in total. The molecule has 1 aromatic rings. The van der Waals surface area contributed by atoms with E-state index in [1.807, 2.05) is 0 Å². The van der Waals surface area contributed by atoms with Crippen LogP contribution in [0.3, 0.4) is 0 Å². The molecular formula is C14H16Cl2N2O3. The van der Waals surface area contributed by atoms with Crippen molar-refractivity contribution in [3.8, 4) is 5.75 Å². The van der Waals surface area contributed by atoms with Gasteiger partial charge in [-0.15, -0.1) is 11.6 Å². The van der Waals surface area contributed by atoms with E-state index in [-0.39, 0.29) is 24.3 Å². The zero-order valence-corrected chi connectivity index (χ0v) is 12.9. The molecule has 0 bridgehead atoms. The predicted octanol–water partition coefficient (Wildman–Crippen LogP) is 1.63. The maximum atomic E-state index is 12.0. The van der Waals surface area contributed by atoms with E-state index in [1.54, 1.807) is 34.1 Å². The minimum Gasteiger partial charge on any atom is -0.484 e. The van der Waals surface area contributed by atoms with Crippen LogP contribution in [-0.2, 0) is 9.59 Å². The highest BCUT2D eigenvalue weighted by Crippen LogP contribution is 2.15. The lowest BCUT2D eigenvalue weighted by Gasteiger charge is -2.34. The second-order valence-corrected chi connectivity index (χ2v) is 5.34. The minimum atomic E-state index is -0.0961. The monoisotopic (exact) mass is 330 g/mol. The summed E-state index contributed by atoms with van der Waals surface area (Å²) >= 11 is 11.3. The Morgan fingerprint density at radius 1 is 1.00 bits per heavy atom. The number of amides is 2. The van der Waals surface area contributed by atoms with Gasteiger partial charge in [-0.25, -0.2) is 0 Å². The molecule has 1 aliphatic rings. The summed E-state index contributed by atoms with van der Waals surface area (Å²) in [5.41, 5.74) is 0. The number of carbonyl (C=O) groups is 2. The van der Waals surface area contributed by atoms with Crippen LogP contribution in [0.25, 0.3) is 0 Å². The fourth-order valence-electron chi connectivity index (χ4n) is 2.06. The van der Waals surface area contributed by atoms with Crippen LogP contribution >= 0.6 is 23.2 Å². The first kappa shape index (κ1) is 15.9. The Labute approximate surface area is 133 Å². The predicted molar refractivity (Wildman–Crippen MR) is 80.8 cm³/mol. The highest BCUT2D eigenvalue weighted by Gasteiger charge is 2.23. The first-order valence-corrected chi connectivity index (χ1v) is 7.51. The lowest BCUT2D eigenvalue weighted by molar-refractivity contribution is -0.139. The molecule has 0 radical (unpaired) electrons. The highest BCUT2D eigenvalue weighted by atomic mass is 35.5. The zero-order chi connectivity index (χ0) is 15.2. The number of ether oxygens (including phenoxy) is 1. The van der Waals surface area contributed by atoms with Crippen LogP contribution in [0.1, 0.15) is 0 Å². The molecular weight excluding hydrogens is 315 g/mol. The van der Waals surface area contributed by atoms with Gasteiger partial charge in [0.2, 0.25) is 5.91 Å². The van der Waals surface area contributed by atoms with E-state index in [0.717, 1.165) is 0 Å². The van der Waals surface area contributed by atoms with E-state index in [9.17, 15) is 9.59 Å². The molecule has 1 aromatic carbocycles. The lowest BCUT2D eigenvalue weighted by Crippen LogP contribution is -2.51. The molecule has 21 heavy (non-hydrogen) atoms. The second kappa shape index (κ2) is 7.52. The van der Waals surface area contributed by atoms with E-state index >= 15 is 0 Å². The summed E-state index contributed by atoms with van der Waals surface area (Å²) in [6.45, 7) is 2.01. The zero-order valence-electron chi connectivity index (χ0n) is 11.4. The van der Waals surface area contributed by atoms with Crippen LogP contribution in [0.15, 0.2) is 24.3 Å². The van der Waals surface area contributed by atoms with Gasteiger partial charge < -0.3 is 14.5 Å². The van der Waals surface area contributed by atoms with Gasteiger partial charge in [0.15, 0.2) is 6.61 Å². The fourth-order valence-corrected chi connectivity index (χ4v) is 2.35. The summed E-state index contributed by atoms with van der Waals surface area (Å²) in [6.07, 6.45) is 0. The molecule has 1 heterocycles. The van der Waals surface area contributed by atoms with Crippen LogP contribution in [0.5, 0.6) is 5.75 Å². The normalized spacial score (nSPS) is 15.0. The number of hydrogen-bond acceptors (Lipinski definition) is 3. The van der Waals surface area contributed by atoms with Gasteiger partial charge in [-0.1, -0.05) is 11.6 Å². The molecule has 5 nitrogen and oxygen atoms in total. The van der Waals surface area contributed by atoms with E-state index in [4.69, 9.17) is 27.9 Å². The quantitative estimate of drug-likeness (QED) is 0.788. The average Bonchev–Trinajstić information content (AvgIpc) is 2.53. The minimum absolute atomic E-state index is 0.0202. The molecule has 0 aliphatic carbocycles. The van der Waals surface area contributed by atoms with Crippen LogP contribution in [0.4, 0.5) is 0 Å². The SMILES string of the molecule is O=C(CCl)N1CCN(C(=O)COc2ccc(Cl)cc2)CC1. The van der Waals surface area contributed by atoms with Crippen molar-refractivity contribution in [3.63, 3.8) is 0 Å². The topological polar surface area (TPSA) is 49.9 Å². The standard InChI is InChI=1S/C14H16Cl2N2O3/c15-9-13(19)17-5-7-18(8-6-17)14(20)10-21-12-3-1-11(16)2-4-12/h1-4H,5-10H2. The second-order valence-electron chi connectivity index (χ2n) is 4.64. The Kier molecular flexibility index (Phi) is 5.70. The molecule has 2 amide bonds. The Morgan fingerprint density at radius 3 is 2.05 bits per heavy atom. The number of benzene rings is 1. The van der Waals surface area contributed by atoms with Gasteiger partial charge in [0.1, 0.15) is 11.6 Å². The summed E-state index contributed by atoms with van der Waals surface area (Å²) < 4.78 is 5.42. The fraction of sp³-hybridized carbons (Fsp3) is 0.429. The van der Waals surface area contributed by atoms with Gasteiger partial charge in [0.25, 0.3) is 5.91 Å². The third-order valence-electron chi connectivity index (χ3n) is 3.28. The van der Waals surface area contributed by atoms with Crippen molar-refractivity contribution >= 4 is 35.0 Å². The third kappa shape index (κ3) is 4.51. The maximum Gasteiger partial charge on any atom is 0.260 e. The van der Waals surface area contributed by atoms with Crippen LogP contribution in [-0.4, -0.2) is 60.3 Å². The van der Waals surface area contributed by atoms with Gasteiger partial charge in [-0.2, -0.15) is 0 Å².